The third-order valence-corrected chi connectivity index (χ3v) is 2.38. The molecule has 0 unspecified atom stereocenters. The average Bonchev–Trinajstić information content (AvgIpc) is 2.47. The lowest BCUT2D eigenvalue weighted by molar-refractivity contribution is -0.123. The molecule has 0 atom stereocenters. The molecule has 0 fully saturated rings. The molecule has 0 aromatic carbocycles. The molecular formula is C12H17NO2. The zero-order valence-electron chi connectivity index (χ0n) is 8.91. The summed E-state index contributed by atoms with van der Waals surface area (Å²) in [5, 5.41) is 8.86. The highest BCUT2D eigenvalue weighted by atomic mass is 16.3. The maximum Gasteiger partial charge on any atom is 0.251 e. The Morgan fingerprint density at radius 3 is 2.60 bits per heavy atom. The molecule has 0 aromatic rings. The fraction of sp³-hybridized carbons (Fsp3) is 0.417. The second-order valence-corrected chi connectivity index (χ2v) is 3.69. The van der Waals surface area contributed by atoms with E-state index in [1.807, 2.05) is 0 Å². The second-order valence-electron chi connectivity index (χ2n) is 3.69. The van der Waals surface area contributed by atoms with Crippen LogP contribution in [0.25, 0.3) is 0 Å². The van der Waals surface area contributed by atoms with E-state index < -0.39 is 0 Å². The minimum absolute atomic E-state index is 0.0200. The average molecular weight is 207 g/mol. The molecule has 1 rings (SSSR count). The van der Waals surface area contributed by atoms with Crippen molar-refractivity contribution in [2.75, 3.05) is 6.54 Å². The van der Waals surface area contributed by atoms with Gasteiger partial charge in [-0.2, -0.15) is 0 Å². The Morgan fingerprint density at radius 1 is 1.33 bits per heavy atom. The number of hydrogen-bond donors (Lipinski definition) is 1. The van der Waals surface area contributed by atoms with Gasteiger partial charge in [0.25, 0.3) is 5.91 Å². The lowest BCUT2D eigenvalue weighted by Gasteiger charge is -2.16. The summed E-state index contributed by atoms with van der Waals surface area (Å²) in [5.74, 6) is 0.255. The Hall–Kier alpha value is -1.51. The third kappa shape index (κ3) is 3.62. The lowest BCUT2D eigenvalue weighted by Crippen LogP contribution is -2.24. The molecule has 3 nitrogen and oxygen atoms in total. The molecule has 1 N–H and O–H groups in total. The number of aliphatic hydroxyl groups excluding tert-OH is 1. The van der Waals surface area contributed by atoms with Crippen LogP contribution in [0.15, 0.2) is 36.8 Å². The highest BCUT2D eigenvalue weighted by Crippen LogP contribution is 2.14. The number of amides is 1. The predicted molar refractivity (Wildman–Crippen MR) is 60.2 cm³/mol. The Balaban J connectivity index is 2.13. The first-order valence-corrected chi connectivity index (χ1v) is 5.16. The van der Waals surface area contributed by atoms with Crippen LogP contribution in [0.5, 0.6) is 0 Å². The zero-order chi connectivity index (χ0) is 11.3. The van der Waals surface area contributed by atoms with Gasteiger partial charge in [-0.1, -0.05) is 19.6 Å². The SMILES string of the molecule is C=C(O)CCCCCN1C(=C)C=CC1=O. The highest BCUT2D eigenvalue weighted by Gasteiger charge is 2.17. The summed E-state index contributed by atoms with van der Waals surface area (Å²) >= 11 is 0. The van der Waals surface area contributed by atoms with Gasteiger partial charge in [0.05, 0.1) is 5.76 Å². The molecule has 1 amide bonds. The summed E-state index contributed by atoms with van der Waals surface area (Å²) in [5.41, 5.74) is 0.770. The van der Waals surface area contributed by atoms with E-state index in [4.69, 9.17) is 5.11 Å². The van der Waals surface area contributed by atoms with Crippen molar-refractivity contribution >= 4 is 5.91 Å². The van der Waals surface area contributed by atoms with E-state index in [1.54, 1.807) is 11.0 Å². The van der Waals surface area contributed by atoms with Crippen molar-refractivity contribution in [1.82, 2.24) is 4.90 Å². The Morgan fingerprint density at radius 2 is 2.07 bits per heavy atom. The van der Waals surface area contributed by atoms with Gasteiger partial charge in [0, 0.05) is 24.7 Å². The molecule has 1 aliphatic rings. The van der Waals surface area contributed by atoms with Crippen LogP contribution in [0.3, 0.4) is 0 Å². The van der Waals surface area contributed by atoms with E-state index in [9.17, 15) is 4.79 Å². The molecule has 0 radical (unpaired) electrons. The summed E-state index contributed by atoms with van der Waals surface area (Å²) in [6, 6.07) is 0. The van der Waals surface area contributed by atoms with Crippen LogP contribution in [-0.4, -0.2) is 22.5 Å². The molecule has 82 valence electrons. The van der Waals surface area contributed by atoms with E-state index in [1.165, 1.54) is 6.08 Å². The minimum Gasteiger partial charge on any atom is -0.513 e. The van der Waals surface area contributed by atoms with E-state index in [0.29, 0.717) is 13.0 Å². The number of rotatable bonds is 6. The Labute approximate surface area is 90.4 Å². The van der Waals surface area contributed by atoms with Crippen LogP contribution in [0, 0.1) is 0 Å². The number of nitrogens with zero attached hydrogens (tertiary/aromatic N) is 1. The number of unbranched alkanes of at least 4 members (excludes halogenated alkanes) is 2. The topological polar surface area (TPSA) is 40.5 Å². The number of allylic oxidation sites excluding steroid dienone is 2. The van der Waals surface area contributed by atoms with E-state index in [2.05, 4.69) is 13.2 Å². The van der Waals surface area contributed by atoms with Crippen LogP contribution in [0.2, 0.25) is 0 Å². The second kappa shape index (κ2) is 5.39. The smallest absolute Gasteiger partial charge is 0.251 e. The molecule has 0 saturated carbocycles. The molecular weight excluding hydrogens is 190 g/mol. The maximum atomic E-state index is 11.3. The van der Waals surface area contributed by atoms with Crippen molar-refractivity contribution in [2.45, 2.75) is 25.7 Å². The quantitative estimate of drug-likeness (QED) is 0.537. The molecule has 15 heavy (non-hydrogen) atoms. The molecule has 0 spiro atoms. The van der Waals surface area contributed by atoms with Crippen molar-refractivity contribution in [3.05, 3.63) is 36.8 Å². The van der Waals surface area contributed by atoms with Crippen molar-refractivity contribution in [1.29, 1.82) is 0 Å². The van der Waals surface area contributed by atoms with Crippen molar-refractivity contribution < 1.29 is 9.90 Å². The normalized spacial score (nSPS) is 15.1. The number of carbonyl (C=O) groups is 1. The largest absolute Gasteiger partial charge is 0.513 e. The molecule has 0 bridgehead atoms. The van der Waals surface area contributed by atoms with E-state index >= 15 is 0 Å². The first-order chi connectivity index (χ1) is 7.11. The zero-order valence-corrected chi connectivity index (χ0v) is 8.91. The van der Waals surface area contributed by atoms with E-state index in [-0.39, 0.29) is 11.7 Å². The van der Waals surface area contributed by atoms with E-state index in [0.717, 1.165) is 25.0 Å². The van der Waals surface area contributed by atoms with Crippen LogP contribution in [-0.2, 0) is 4.79 Å². The van der Waals surface area contributed by atoms with Gasteiger partial charge < -0.3 is 10.0 Å². The Bertz CT molecular complexity index is 287. The standard InChI is InChI=1S/C12H17NO2/c1-10-7-8-12(15)13(10)9-5-3-4-6-11(2)14/h7-8,14H,1-6,9H2. The van der Waals surface area contributed by atoms with Crippen LogP contribution < -0.4 is 0 Å². The Kier molecular flexibility index (Phi) is 4.16. The molecule has 3 heteroatoms. The first kappa shape index (κ1) is 11.6. The van der Waals surface area contributed by atoms with Crippen molar-refractivity contribution in [3.63, 3.8) is 0 Å². The summed E-state index contributed by atoms with van der Waals surface area (Å²) in [7, 11) is 0. The predicted octanol–water partition coefficient (Wildman–Crippen LogP) is 2.53. The monoisotopic (exact) mass is 207 g/mol. The summed E-state index contributed by atoms with van der Waals surface area (Å²) in [6.07, 6.45) is 6.75. The third-order valence-electron chi connectivity index (χ3n) is 2.38. The molecule has 1 heterocycles. The highest BCUT2D eigenvalue weighted by molar-refractivity contribution is 5.92. The maximum absolute atomic E-state index is 11.3. The first-order valence-electron chi connectivity index (χ1n) is 5.16. The van der Waals surface area contributed by atoms with Gasteiger partial charge in [-0.25, -0.2) is 0 Å². The summed E-state index contributed by atoms with van der Waals surface area (Å²) in [6.45, 7) is 7.91. The van der Waals surface area contributed by atoms with Crippen LogP contribution in [0.1, 0.15) is 25.7 Å². The van der Waals surface area contributed by atoms with Gasteiger partial charge in [0.2, 0.25) is 0 Å². The molecule has 1 aliphatic heterocycles. The molecule has 0 aromatic heterocycles. The fourth-order valence-corrected chi connectivity index (χ4v) is 1.52. The molecule has 0 saturated heterocycles. The minimum atomic E-state index is 0.0200. The summed E-state index contributed by atoms with van der Waals surface area (Å²) < 4.78 is 0. The van der Waals surface area contributed by atoms with Gasteiger partial charge >= 0.3 is 0 Å². The van der Waals surface area contributed by atoms with Gasteiger partial charge in [-0.3, -0.25) is 4.79 Å². The number of carbonyl (C=O) groups excluding carboxylic acids is 1. The fourth-order valence-electron chi connectivity index (χ4n) is 1.52. The van der Waals surface area contributed by atoms with Crippen LogP contribution >= 0.6 is 0 Å². The van der Waals surface area contributed by atoms with Gasteiger partial charge in [0.1, 0.15) is 0 Å². The van der Waals surface area contributed by atoms with Gasteiger partial charge in [-0.05, 0) is 18.9 Å². The number of aliphatic hydroxyl groups is 1. The van der Waals surface area contributed by atoms with Crippen LogP contribution in [0.4, 0.5) is 0 Å². The van der Waals surface area contributed by atoms with Gasteiger partial charge in [-0.15, -0.1) is 0 Å². The summed E-state index contributed by atoms with van der Waals surface area (Å²) in [4.78, 5) is 13.0. The molecule has 0 aliphatic carbocycles. The lowest BCUT2D eigenvalue weighted by atomic mass is 10.1. The van der Waals surface area contributed by atoms with Crippen molar-refractivity contribution in [3.8, 4) is 0 Å². The van der Waals surface area contributed by atoms with Crippen molar-refractivity contribution in [2.24, 2.45) is 0 Å². The van der Waals surface area contributed by atoms with Gasteiger partial charge in [0.15, 0.2) is 0 Å². The number of hydrogen-bond acceptors (Lipinski definition) is 2.